The zero-order valence-corrected chi connectivity index (χ0v) is 10.8. The molecule has 2 aromatic rings. The van der Waals surface area contributed by atoms with Gasteiger partial charge in [-0.05, 0) is 23.8 Å². The molecular weight excluding hydrogens is 248 g/mol. The van der Waals surface area contributed by atoms with Gasteiger partial charge in [0.15, 0.2) is 0 Å². The molecule has 0 fully saturated rings. The summed E-state index contributed by atoms with van der Waals surface area (Å²) < 4.78 is 30.7. The molecule has 0 amide bonds. The molecule has 0 bridgehead atoms. The third kappa shape index (κ3) is 3.01. The minimum atomic E-state index is -2.43. The van der Waals surface area contributed by atoms with Gasteiger partial charge in [-0.3, -0.25) is 0 Å². The number of alkyl halides is 2. The first-order valence-electron chi connectivity index (χ1n) is 6.31. The van der Waals surface area contributed by atoms with Crippen molar-refractivity contribution < 1.29 is 13.5 Å². The molecule has 0 unspecified atom stereocenters. The molecule has 2 N–H and O–H groups in total. The molecule has 0 saturated heterocycles. The Balaban J connectivity index is 2.54. The summed E-state index contributed by atoms with van der Waals surface area (Å²) in [5.41, 5.74) is 6.60. The van der Waals surface area contributed by atoms with E-state index in [-0.39, 0.29) is 6.42 Å². The molecule has 0 saturated carbocycles. The normalized spacial score (nSPS) is 12.9. The first kappa shape index (κ1) is 13.7. The van der Waals surface area contributed by atoms with E-state index in [9.17, 15) is 8.78 Å². The number of fused-ring (bicyclic) bond motifs is 1. The van der Waals surface area contributed by atoms with Gasteiger partial charge < -0.3 is 10.5 Å². The average Bonchev–Trinajstić information content (AvgIpc) is 2.37. The molecular formula is C15H17F2NO. The Morgan fingerprint density at radius 1 is 1.16 bits per heavy atom. The zero-order chi connectivity index (χ0) is 13.8. The summed E-state index contributed by atoms with van der Waals surface area (Å²) in [6.45, 7) is 2.34. The summed E-state index contributed by atoms with van der Waals surface area (Å²) in [7, 11) is 0. The standard InChI is InChI=1S/C15H17F2NO/c1-2-19-13-8-7-10-5-3-4-6-11(10)15(13)12(18)9-14(16)17/h3-8,12,14H,2,9,18H2,1H3/t12-/m0/s1. The Morgan fingerprint density at radius 3 is 2.58 bits per heavy atom. The van der Waals surface area contributed by atoms with Crippen LogP contribution in [0.2, 0.25) is 0 Å². The molecule has 2 rings (SSSR count). The third-order valence-electron chi connectivity index (χ3n) is 3.03. The maximum atomic E-state index is 12.6. The van der Waals surface area contributed by atoms with Crippen molar-refractivity contribution in [1.82, 2.24) is 0 Å². The summed E-state index contributed by atoms with van der Waals surface area (Å²) >= 11 is 0. The number of hydrogen-bond acceptors (Lipinski definition) is 2. The van der Waals surface area contributed by atoms with Crippen LogP contribution in [0, 0.1) is 0 Å². The number of rotatable bonds is 5. The van der Waals surface area contributed by atoms with Crippen molar-refractivity contribution in [3.63, 3.8) is 0 Å². The Labute approximate surface area is 111 Å². The van der Waals surface area contributed by atoms with Gasteiger partial charge in [0.2, 0.25) is 6.43 Å². The summed E-state index contributed by atoms with van der Waals surface area (Å²) in [5, 5.41) is 1.85. The highest BCUT2D eigenvalue weighted by Gasteiger charge is 2.19. The van der Waals surface area contributed by atoms with Crippen molar-refractivity contribution in [1.29, 1.82) is 0 Å². The first-order chi connectivity index (χ1) is 9.13. The molecule has 102 valence electrons. The Hall–Kier alpha value is -1.68. The molecule has 0 heterocycles. The largest absolute Gasteiger partial charge is 0.494 e. The van der Waals surface area contributed by atoms with Crippen LogP contribution in [0.3, 0.4) is 0 Å². The lowest BCUT2D eigenvalue weighted by atomic mass is 9.96. The molecule has 0 spiro atoms. The lowest BCUT2D eigenvalue weighted by Gasteiger charge is -2.18. The van der Waals surface area contributed by atoms with Crippen molar-refractivity contribution in [2.75, 3.05) is 6.61 Å². The van der Waals surface area contributed by atoms with E-state index in [1.807, 2.05) is 37.3 Å². The van der Waals surface area contributed by atoms with E-state index in [0.717, 1.165) is 10.8 Å². The van der Waals surface area contributed by atoms with Gasteiger partial charge in [0.05, 0.1) is 6.61 Å². The van der Waals surface area contributed by atoms with Gasteiger partial charge in [-0.1, -0.05) is 30.3 Å². The van der Waals surface area contributed by atoms with Crippen molar-refractivity contribution >= 4 is 10.8 Å². The van der Waals surface area contributed by atoms with E-state index in [1.165, 1.54) is 0 Å². The van der Waals surface area contributed by atoms with Gasteiger partial charge in [0, 0.05) is 18.0 Å². The van der Waals surface area contributed by atoms with E-state index < -0.39 is 12.5 Å². The van der Waals surface area contributed by atoms with Gasteiger partial charge in [-0.15, -0.1) is 0 Å². The fraction of sp³-hybridized carbons (Fsp3) is 0.333. The maximum Gasteiger partial charge on any atom is 0.240 e. The molecule has 0 radical (unpaired) electrons. The number of hydrogen-bond donors (Lipinski definition) is 1. The number of ether oxygens (including phenoxy) is 1. The van der Waals surface area contributed by atoms with E-state index in [1.54, 1.807) is 6.07 Å². The third-order valence-corrected chi connectivity index (χ3v) is 3.03. The highest BCUT2D eigenvalue weighted by atomic mass is 19.3. The zero-order valence-electron chi connectivity index (χ0n) is 10.8. The molecule has 2 nitrogen and oxygen atoms in total. The van der Waals surface area contributed by atoms with E-state index >= 15 is 0 Å². The van der Waals surface area contributed by atoms with E-state index in [2.05, 4.69) is 0 Å². The summed E-state index contributed by atoms with van der Waals surface area (Å²) in [6.07, 6.45) is -2.79. The minimum Gasteiger partial charge on any atom is -0.494 e. The second-order valence-corrected chi connectivity index (χ2v) is 4.36. The van der Waals surface area contributed by atoms with Gasteiger partial charge in [-0.2, -0.15) is 0 Å². The molecule has 2 aromatic carbocycles. The topological polar surface area (TPSA) is 35.2 Å². The van der Waals surface area contributed by atoms with Crippen molar-refractivity contribution in [3.05, 3.63) is 42.0 Å². The fourth-order valence-electron chi connectivity index (χ4n) is 2.25. The quantitative estimate of drug-likeness (QED) is 0.890. The van der Waals surface area contributed by atoms with Crippen LogP contribution in [0.4, 0.5) is 8.78 Å². The Kier molecular flexibility index (Phi) is 4.32. The Bertz CT molecular complexity index is 557. The molecule has 0 aromatic heterocycles. The van der Waals surface area contributed by atoms with Crippen LogP contribution in [-0.2, 0) is 0 Å². The molecule has 0 aliphatic heterocycles. The second-order valence-electron chi connectivity index (χ2n) is 4.36. The minimum absolute atomic E-state index is 0.367. The average molecular weight is 265 g/mol. The van der Waals surface area contributed by atoms with Crippen LogP contribution in [0.1, 0.15) is 24.9 Å². The smallest absolute Gasteiger partial charge is 0.240 e. The van der Waals surface area contributed by atoms with Gasteiger partial charge in [-0.25, -0.2) is 8.78 Å². The maximum absolute atomic E-state index is 12.6. The highest BCUT2D eigenvalue weighted by molar-refractivity contribution is 5.88. The van der Waals surface area contributed by atoms with Gasteiger partial charge >= 0.3 is 0 Å². The van der Waals surface area contributed by atoms with Crippen LogP contribution >= 0.6 is 0 Å². The molecule has 0 aliphatic rings. The van der Waals surface area contributed by atoms with Crippen molar-refractivity contribution in [2.24, 2.45) is 5.73 Å². The highest BCUT2D eigenvalue weighted by Crippen LogP contribution is 2.34. The molecule has 4 heteroatoms. The molecule has 19 heavy (non-hydrogen) atoms. The van der Waals surface area contributed by atoms with Crippen molar-refractivity contribution in [3.8, 4) is 5.75 Å². The van der Waals surface area contributed by atoms with Crippen LogP contribution in [0.25, 0.3) is 10.8 Å². The van der Waals surface area contributed by atoms with Crippen LogP contribution in [0.5, 0.6) is 5.75 Å². The molecule has 1 atom stereocenters. The molecule has 0 aliphatic carbocycles. The van der Waals surface area contributed by atoms with Crippen LogP contribution in [-0.4, -0.2) is 13.0 Å². The second kappa shape index (κ2) is 5.97. The van der Waals surface area contributed by atoms with Crippen molar-refractivity contribution in [2.45, 2.75) is 25.8 Å². The van der Waals surface area contributed by atoms with E-state index in [4.69, 9.17) is 10.5 Å². The summed E-state index contributed by atoms with van der Waals surface area (Å²) in [5.74, 6) is 0.592. The van der Waals surface area contributed by atoms with Crippen LogP contribution in [0.15, 0.2) is 36.4 Å². The van der Waals surface area contributed by atoms with Crippen LogP contribution < -0.4 is 10.5 Å². The SMILES string of the molecule is CCOc1ccc2ccccc2c1[C@@H](N)CC(F)F. The number of nitrogens with two attached hydrogens (primary N) is 1. The lowest BCUT2D eigenvalue weighted by molar-refractivity contribution is 0.128. The monoisotopic (exact) mass is 265 g/mol. The predicted octanol–water partition coefficient (Wildman–Crippen LogP) is 3.89. The summed E-state index contributed by atoms with van der Waals surface area (Å²) in [4.78, 5) is 0. The first-order valence-corrected chi connectivity index (χ1v) is 6.31. The Morgan fingerprint density at radius 2 is 1.89 bits per heavy atom. The van der Waals surface area contributed by atoms with Gasteiger partial charge in [0.25, 0.3) is 0 Å². The number of benzene rings is 2. The lowest BCUT2D eigenvalue weighted by Crippen LogP contribution is -2.16. The fourth-order valence-corrected chi connectivity index (χ4v) is 2.25. The predicted molar refractivity (Wildman–Crippen MR) is 72.7 cm³/mol. The van der Waals surface area contributed by atoms with Gasteiger partial charge in [0.1, 0.15) is 5.75 Å². The summed E-state index contributed by atoms with van der Waals surface area (Å²) in [6, 6.07) is 10.6. The number of halogens is 2. The van der Waals surface area contributed by atoms with E-state index in [0.29, 0.717) is 17.9 Å².